The van der Waals surface area contributed by atoms with Gasteiger partial charge in [0.25, 0.3) is 0 Å². The van der Waals surface area contributed by atoms with Gasteiger partial charge in [-0.2, -0.15) is 14.5 Å². The van der Waals surface area contributed by atoms with E-state index < -0.39 is 0 Å². The van der Waals surface area contributed by atoms with E-state index in [1.165, 1.54) is 17.3 Å². The maximum Gasteiger partial charge on any atom is 0.372 e. The quantitative estimate of drug-likeness (QED) is 0.783. The van der Waals surface area contributed by atoms with Gasteiger partial charge < -0.3 is 0 Å². The zero-order valence-corrected chi connectivity index (χ0v) is 11.8. The minimum absolute atomic E-state index is 0.0936. The van der Waals surface area contributed by atoms with E-state index in [9.17, 15) is 4.79 Å². The molecule has 0 fully saturated rings. The summed E-state index contributed by atoms with van der Waals surface area (Å²) in [6.07, 6.45) is 2.67. The molecule has 2 rings (SSSR count). The minimum atomic E-state index is -0.371. The molecular formula is C12H18N6O. The number of rotatable bonds is 1. The Morgan fingerprint density at radius 3 is 2.47 bits per heavy atom. The molecule has 102 valence electrons. The van der Waals surface area contributed by atoms with Gasteiger partial charge in [-0.1, -0.05) is 34.6 Å². The van der Waals surface area contributed by atoms with Crippen molar-refractivity contribution in [1.29, 1.82) is 0 Å². The third-order valence-corrected chi connectivity index (χ3v) is 2.62. The van der Waals surface area contributed by atoms with Crippen LogP contribution in [0.15, 0.2) is 12.7 Å². The maximum absolute atomic E-state index is 12.3. The number of aromatic nitrogens is 6. The molecule has 2 heterocycles. The second-order valence-electron chi connectivity index (χ2n) is 5.73. The van der Waals surface area contributed by atoms with Crippen LogP contribution < -0.4 is 0 Å². The normalized spacial score (nSPS) is 12.1. The van der Waals surface area contributed by atoms with Crippen LogP contribution in [-0.4, -0.2) is 35.6 Å². The van der Waals surface area contributed by atoms with Gasteiger partial charge in [-0.15, -0.1) is 5.10 Å². The zero-order valence-electron chi connectivity index (χ0n) is 11.8. The van der Waals surface area contributed by atoms with Crippen LogP contribution in [0.2, 0.25) is 0 Å². The Balaban J connectivity index is 2.50. The molecule has 0 saturated carbocycles. The average Bonchev–Trinajstić information content (AvgIpc) is 2.96. The van der Waals surface area contributed by atoms with Crippen molar-refractivity contribution in [2.24, 2.45) is 0 Å². The third-order valence-electron chi connectivity index (χ3n) is 2.62. The Labute approximate surface area is 111 Å². The molecule has 0 aliphatic rings. The zero-order chi connectivity index (χ0) is 14.2. The molecule has 7 nitrogen and oxygen atoms in total. The monoisotopic (exact) mass is 262 g/mol. The van der Waals surface area contributed by atoms with Crippen LogP contribution in [0.4, 0.5) is 4.79 Å². The van der Waals surface area contributed by atoms with Gasteiger partial charge in [-0.3, -0.25) is 0 Å². The Kier molecular flexibility index (Phi) is 3.21. The first-order valence-corrected chi connectivity index (χ1v) is 6.17. The van der Waals surface area contributed by atoms with Crippen molar-refractivity contribution in [3.63, 3.8) is 0 Å². The highest BCUT2D eigenvalue weighted by atomic mass is 16.2. The standard InChI is InChI=1S/C12H18N6O/c1-8(2)9-15-10(12(3,4)5)16-18(9)11(19)17-7-13-6-14-17/h6-8H,1-5H3. The Hall–Kier alpha value is -2.05. The molecule has 7 heteroatoms. The second-order valence-corrected chi connectivity index (χ2v) is 5.73. The predicted molar refractivity (Wildman–Crippen MR) is 69.0 cm³/mol. The highest BCUT2D eigenvalue weighted by Crippen LogP contribution is 2.21. The van der Waals surface area contributed by atoms with E-state index in [4.69, 9.17) is 0 Å². The molecule has 0 aliphatic heterocycles. The summed E-state index contributed by atoms with van der Waals surface area (Å²) in [6.45, 7) is 9.98. The molecule has 0 aromatic carbocycles. The van der Waals surface area contributed by atoms with E-state index >= 15 is 0 Å². The number of carbonyl (C=O) groups is 1. The molecule has 0 aliphatic carbocycles. The van der Waals surface area contributed by atoms with Crippen molar-refractivity contribution in [2.75, 3.05) is 0 Å². The fourth-order valence-corrected chi connectivity index (χ4v) is 1.56. The Morgan fingerprint density at radius 2 is 2.00 bits per heavy atom. The van der Waals surface area contributed by atoms with Crippen molar-refractivity contribution >= 4 is 6.03 Å². The number of hydrogen-bond acceptors (Lipinski definition) is 5. The molecular weight excluding hydrogens is 244 g/mol. The van der Waals surface area contributed by atoms with Gasteiger partial charge in [0.05, 0.1) is 0 Å². The predicted octanol–water partition coefficient (Wildman–Crippen LogP) is 1.81. The average molecular weight is 262 g/mol. The van der Waals surface area contributed by atoms with Crippen LogP contribution in [0.5, 0.6) is 0 Å². The molecule has 0 unspecified atom stereocenters. The van der Waals surface area contributed by atoms with Crippen molar-refractivity contribution in [3.05, 3.63) is 24.3 Å². The van der Waals surface area contributed by atoms with Crippen LogP contribution in [-0.2, 0) is 5.41 Å². The van der Waals surface area contributed by atoms with Crippen LogP contribution in [0.3, 0.4) is 0 Å². The summed E-state index contributed by atoms with van der Waals surface area (Å²) in [6, 6.07) is -0.371. The lowest BCUT2D eigenvalue weighted by atomic mass is 9.96. The summed E-state index contributed by atoms with van der Waals surface area (Å²) < 4.78 is 2.45. The van der Waals surface area contributed by atoms with Crippen molar-refractivity contribution < 1.29 is 4.79 Å². The smallest absolute Gasteiger partial charge is 0.243 e. The fourth-order valence-electron chi connectivity index (χ4n) is 1.56. The molecule has 0 N–H and O–H groups in total. The number of carbonyl (C=O) groups excluding carboxylic acids is 1. The highest BCUT2D eigenvalue weighted by molar-refractivity contribution is 5.77. The first-order chi connectivity index (χ1) is 8.80. The lowest BCUT2D eigenvalue weighted by Crippen LogP contribution is -2.24. The molecule has 0 bridgehead atoms. The van der Waals surface area contributed by atoms with E-state index in [1.54, 1.807) is 0 Å². The van der Waals surface area contributed by atoms with Crippen LogP contribution in [0, 0.1) is 0 Å². The van der Waals surface area contributed by atoms with Gasteiger partial charge in [0.1, 0.15) is 18.5 Å². The van der Waals surface area contributed by atoms with E-state index in [0.29, 0.717) is 11.6 Å². The Bertz CT molecular complexity index is 576. The van der Waals surface area contributed by atoms with Gasteiger partial charge in [-0.05, 0) is 0 Å². The second kappa shape index (κ2) is 4.56. The summed E-state index contributed by atoms with van der Waals surface area (Å²) >= 11 is 0. The molecule has 2 aromatic heterocycles. The van der Waals surface area contributed by atoms with Crippen molar-refractivity contribution in [3.8, 4) is 0 Å². The molecule has 0 saturated heterocycles. The lowest BCUT2D eigenvalue weighted by molar-refractivity contribution is 0.236. The van der Waals surface area contributed by atoms with Gasteiger partial charge in [0, 0.05) is 11.3 Å². The Morgan fingerprint density at radius 1 is 1.32 bits per heavy atom. The van der Waals surface area contributed by atoms with Crippen LogP contribution in [0.25, 0.3) is 0 Å². The van der Waals surface area contributed by atoms with Gasteiger partial charge in [0.2, 0.25) is 0 Å². The summed E-state index contributed by atoms with van der Waals surface area (Å²) in [4.78, 5) is 20.5. The van der Waals surface area contributed by atoms with Gasteiger partial charge >= 0.3 is 6.03 Å². The SMILES string of the molecule is CC(C)c1nc(C(C)(C)C)nn1C(=O)n1cncn1. The van der Waals surface area contributed by atoms with E-state index in [1.807, 2.05) is 34.6 Å². The first-order valence-electron chi connectivity index (χ1n) is 6.17. The number of nitrogens with zero attached hydrogens (tertiary/aromatic N) is 6. The molecule has 2 aromatic rings. The first kappa shape index (κ1) is 13.4. The largest absolute Gasteiger partial charge is 0.372 e. The van der Waals surface area contributed by atoms with E-state index in [2.05, 4.69) is 20.2 Å². The minimum Gasteiger partial charge on any atom is -0.243 e. The lowest BCUT2D eigenvalue weighted by Gasteiger charge is -2.12. The summed E-state index contributed by atoms with van der Waals surface area (Å²) in [5, 5.41) is 8.16. The highest BCUT2D eigenvalue weighted by Gasteiger charge is 2.26. The van der Waals surface area contributed by atoms with Crippen molar-refractivity contribution in [1.82, 2.24) is 29.5 Å². The van der Waals surface area contributed by atoms with Gasteiger partial charge in [-0.25, -0.2) is 14.8 Å². The summed E-state index contributed by atoms with van der Waals surface area (Å²) in [5.74, 6) is 1.37. The molecule has 19 heavy (non-hydrogen) atoms. The topological polar surface area (TPSA) is 78.5 Å². The fraction of sp³-hybridized carbons (Fsp3) is 0.583. The summed E-state index contributed by atoms with van der Waals surface area (Å²) in [7, 11) is 0. The molecule has 0 spiro atoms. The summed E-state index contributed by atoms with van der Waals surface area (Å²) in [5.41, 5.74) is -0.211. The van der Waals surface area contributed by atoms with E-state index in [-0.39, 0.29) is 17.4 Å². The maximum atomic E-state index is 12.3. The molecule has 0 atom stereocenters. The molecule has 0 amide bonds. The van der Waals surface area contributed by atoms with Crippen LogP contribution >= 0.6 is 0 Å². The third kappa shape index (κ3) is 2.54. The molecule has 0 radical (unpaired) electrons. The van der Waals surface area contributed by atoms with E-state index in [0.717, 1.165) is 4.68 Å². The van der Waals surface area contributed by atoms with Crippen molar-refractivity contribution in [2.45, 2.75) is 46.0 Å². The number of hydrogen-bond donors (Lipinski definition) is 0. The van der Waals surface area contributed by atoms with Gasteiger partial charge in [0.15, 0.2) is 5.82 Å². The van der Waals surface area contributed by atoms with Crippen LogP contribution in [0.1, 0.15) is 52.2 Å².